The summed E-state index contributed by atoms with van der Waals surface area (Å²) >= 11 is 0. The number of carbonyl (C=O) groups is 1. The van der Waals surface area contributed by atoms with E-state index in [4.69, 9.17) is 9.47 Å². The lowest BCUT2D eigenvalue weighted by Gasteiger charge is -2.38. The number of esters is 1. The molecular formula is C31H28O3. The van der Waals surface area contributed by atoms with E-state index in [0.717, 1.165) is 44.4 Å². The van der Waals surface area contributed by atoms with E-state index in [1.54, 1.807) is 6.08 Å². The van der Waals surface area contributed by atoms with Crippen LogP contribution in [0.3, 0.4) is 0 Å². The number of ether oxygens (including phenoxy) is 2. The molecule has 0 bridgehead atoms. The van der Waals surface area contributed by atoms with Crippen molar-refractivity contribution < 1.29 is 14.3 Å². The summed E-state index contributed by atoms with van der Waals surface area (Å²) in [4.78, 5) is 11.4. The van der Waals surface area contributed by atoms with Crippen molar-refractivity contribution in [3.63, 3.8) is 0 Å². The van der Waals surface area contributed by atoms with Gasteiger partial charge in [-0.2, -0.15) is 0 Å². The summed E-state index contributed by atoms with van der Waals surface area (Å²) in [7, 11) is 0. The average Bonchev–Trinajstić information content (AvgIpc) is 2.87. The van der Waals surface area contributed by atoms with Crippen LogP contribution >= 0.6 is 0 Å². The Morgan fingerprint density at radius 2 is 1.88 bits per heavy atom. The fraction of sp³-hybridized carbons (Fsp3) is 0.129. The minimum absolute atomic E-state index is 0.209. The molecule has 0 spiro atoms. The lowest BCUT2D eigenvalue weighted by molar-refractivity contribution is -0.138. The predicted molar refractivity (Wildman–Crippen MR) is 139 cm³/mol. The molecule has 3 aromatic carbocycles. The Kier molecular flexibility index (Phi) is 6.65. The van der Waals surface area contributed by atoms with Gasteiger partial charge >= 0.3 is 5.97 Å². The predicted octanol–water partition coefficient (Wildman–Crippen LogP) is 7.45. The molecule has 1 atom stereocenters. The first-order valence-electron chi connectivity index (χ1n) is 11.3. The second-order valence-corrected chi connectivity index (χ2v) is 8.17. The first kappa shape index (κ1) is 23.1. The highest BCUT2D eigenvalue weighted by atomic mass is 16.5. The van der Waals surface area contributed by atoms with E-state index in [2.05, 4.69) is 50.4 Å². The Labute approximate surface area is 201 Å². The number of allylic oxidation sites excluding steroid dienone is 3. The van der Waals surface area contributed by atoms with Crippen LogP contribution in [0.15, 0.2) is 115 Å². The molecule has 4 rings (SSSR count). The molecule has 1 aliphatic heterocycles. The zero-order valence-corrected chi connectivity index (χ0v) is 19.6. The molecule has 3 heteroatoms. The highest BCUT2D eigenvalue weighted by Crippen LogP contribution is 2.46. The molecule has 1 aliphatic rings. The van der Waals surface area contributed by atoms with Crippen molar-refractivity contribution in [1.29, 1.82) is 0 Å². The Hall–Kier alpha value is -4.11. The van der Waals surface area contributed by atoms with Crippen molar-refractivity contribution in [3.8, 4) is 5.75 Å². The lowest BCUT2D eigenvalue weighted by Crippen LogP contribution is -2.35. The Bertz CT molecular complexity index is 1340. The molecule has 1 heterocycles. The molecular weight excluding hydrogens is 420 g/mol. The number of hydrogen-bond donors (Lipinski definition) is 0. The van der Waals surface area contributed by atoms with Crippen LogP contribution in [0.25, 0.3) is 16.8 Å². The highest BCUT2D eigenvalue weighted by Gasteiger charge is 2.39. The van der Waals surface area contributed by atoms with Crippen LogP contribution in [0.5, 0.6) is 5.75 Å². The van der Waals surface area contributed by atoms with Gasteiger partial charge in [0.1, 0.15) is 12.4 Å². The summed E-state index contributed by atoms with van der Waals surface area (Å²) in [5, 5.41) is 2.13. The van der Waals surface area contributed by atoms with Crippen molar-refractivity contribution in [3.05, 3.63) is 132 Å². The molecule has 0 amide bonds. The summed E-state index contributed by atoms with van der Waals surface area (Å²) in [5.41, 5.74) is 4.41. The minimum Gasteiger partial charge on any atom is -0.473 e. The molecule has 0 radical (unpaired) electrons. The van der Waals surface area contributed by atoms with Gasteiger partial charge in [0.15, 0.2) is 5.60 Å². The molecule has 1 unspecified atom stereocenters. The molecule has 0 aliphatic carbocycles. The smallest absolute Gasteiger partial charge is 0.330 e. The third-order valence-electron chi connectivity index (χ3n) is 6.07. The van der Waals surface area contributed by atoms with Crippen LogP contribution < -0.4 is 4.74 Å². The van der Waals surface area contributed by atoms with Crippen LogP contribution in [0.1, 0.15) is 30.5 Å². The molecule has 0 saturated heterocycles. The second-order valence-electron chi connectivity index (χ2n) is 8.17. The van der Waals surface area contributed by atoms with Gasteiger partial charge in [0.05, 0.1) is 0 Å². The topological polar surface area (TPSA) is 35.5 Å². The van der Waals surface area contributed by atoms with Gasteiger partial charge in [0.2, 0.25) is 0 Å². The Morgan fingerprint density at radius 1 is 1.09 bits per heavy atom. The van der Waals surface area contributed by atoms with E-state index in [1.807, 2.05) is 61.5 Å². The number of hydrogen-bond acceptors (Lipinski definition) is 3. The maximum atomic E-state index is 11.4. The summed E-state index contributed by atoms with van der Waals surface area (Å²) in [6, 6.07) is 20.4. The Balaban J connectivity index is 1.80. The molecule has 34 heavy (non-hydrogen) atoms. The number of benzene rings is 3. The van der Waals surface area contributed by atoms with Crippen molar-refractivity contribution in [2.24, 2.45) is 0 Å². The van der Waals surface area contributed by atoms with E-state index in [-0.39, 0.29) is 6.61 Å². The van der Waals surface area contributed by atoms with Crippen molar-refractivity contribution in [2.45, 2.75) is 26.1 Å². The Morgan fingerprint density at radius 3 is 2.59 bits per heavy atom. The monoisotopic (exact) mass is 448 g/mol. The molecule has 3 nitrogen and oxygen atoms in total. The average molecular weight is 449 g/mol. The second kappa shape index (κ2) is 9.80. The molecule has 0 aromatic heterocycles. The van der Waals surface area contributed by atoms with Crippen LogP contribution in [0.4, 0.5) is 0 Å². The van der Waals surface area contributed by atoms with Gasteiger partial charge in [-0.15, -0.1) is 0 Å². The van der Waals surface area contributed by atoms with E-state index in [1.165, 1.54) is 6.08 Å². The van der Waals surface area contributed by atoms with Gasteiger partial charge in [-0.3, -0.25) is 0 Å². The van der Waals surface area contributed by atoms with Crippen LogP contribution in [-0.2, 0) is 21.7 Å². The van der Waals surface area contributed by atoms with E-state index in [0.29, 0.717) is 0 Å². The van der Waals surface area contributed by atoms with Crippen molar-refractivity contribution in [1.82, 2.24) is 0 Å². The van der Waals surface area contributed by atoms with Crippen LogP contribution in [-0.4, -0.2) is 5.97 Å². The first-order chi connectivity index (χ1) is 16.5. The van der Waals surface area contributed by atoms with Crippen molar-refractivity contribution >= 4 is 22.8 Å². The van der Waals surface area contributed by atoms with E-state index in [9.17, 15) is 4.79 Å². The molecule has 170 valence electrons. The molecule has 0 fully saturated rings. The lowest BCUT2D eigenvalue weighted by atomic mass is 9.79. The largest absolute Gasteiger partial charge is 0.473 e. The summed E-state index contributed by atoms with van der Waals surface area (Å²) in [5.74, 6) is 0.384. The van der Waals surface area contributed by atoms with Gasteiger partial charge in [0, 0.05) is 22.8 Å². The fourth-order valence-electron chi connectivity index (χ4n) is 4.50. The fourth-order valence-corrected chi connectivity index (χ4v) is 4.50. The number of rotatable bonds is 7. The van der Waals surface area contributed by atoms with Crippen LogP contribution in [0.2, 0.25) is 0 Å². The standard InChI is InChI=1S/C31H28O3/c1-5-11-22(4)28(6-2)31(25-12-9-8-10-13-25)19-18-27-26-16-14-23(21-33-30(32)7-3)20-24(26)15-17-29(27)34-31/h5-20H,1,3,21H2,2,4H3/b22-11-,28-6+. The van der Waals surface area contributed by atoms with Crippen LogP contribution in [0, 0.1) is 0 Å². The maximum Gasteiger partial charge on any atom is 0.330 e. The zero-order chi connectivity index (χ0) is 24.1. The number of fused-ring (bicyclic) bond motifs is 3. The molecule has 0 N–H and O–H groups in total. The van der Waals surface area contributed by atoms with Gasteiger partial charge in [-0.25, -0.2) is 4.79 Å². The van der Waals surface area contributed by atoms with Crippen molar-refractivity contribution in [2.75, 3.05) is 0 Å². The molecule has 0 saturated carbocycles. The third-order valence-corrected chi connectivity index (χ3v) is 6.07. The summed E-state index contributed by atoms with van der Waals surface area (Å²) < 4.78 is 12.0. The normalized spacial score (nSPS) is 17.6. The third kappa shape index (κ3) is 4.25. The zero-order valence-electron chi connectivity index (χ0n) is 19.6. The number of carbonyl (C=O) groups excluding carboxylic acids is 1. The summed E-state index contributed by atoms with van der Waals surface area (Å²) in [6.45, 7) is 11.6. The van der Waals surface area contributed by atoms with Gasteiger partial charge in [-0.05, 0) is 60.0 Å². The maximum absolute atomic E-state index is 11.4. The highest BCUT2D eigenvalue weighted by molar-refractivity contribution is 5.94. The van der Waals surface area contributed by atoms with E-state index >= 15 is 0 Å². The van der Waals surface area contributed by atoms with Gasteiger partial charge in [-0.1, -0.05) is 79.9 Å². The molecule has 3 aromatic rings. The van der Waals surface area contributed by atoms with Gasteiger partial charge < -0.3 is 9.47 Å². The van der Waals surface area contributed by atoms with Gasteiger partial charge in [0.25, 0.3) is 0 Å². The van der Waals surface area contributed by atoms with E-state index < -0.39 is 11.6 Å². The SMILES string of the molecule is C=C/C=C(C)\C(=C/C)C1(c2ccccc2)C=Cc2c(ccc3cc(COC(=O)C=C)ccc23)O1. The summed E-state index contributed by atoms with van der Waals surface area (Å²) in [6.07, 6.45) is 11.4. The minimum atomic E-state index is -0.751. The first-order valence-corrected chi connectivity index (χ1v) is 11.3. The quantitative estimate of drug-likeness (QED) is 0.214.